The Kier molecular flexibility index (Phi) is 3.47. The van der Waals surface area contributed by atoms with E-state index in [4.69, 9.17) is 5.11 Å². The first-order valence-electron chi connectivity index (χ1n) is 3.14. The van der Waals surface area contributed by atoms with Crippen LogP contribution in [-0.2, 0) is 14.8 Å². The quantitative estimate of drug-likeness (QED) is 0.612. The van der Waals surface area contributed by atoms with E-state index in [1.165, 1.54) is 0 Å². The van der Waals surface area contributed by atoms with Crippen LogP contribution in [0.1, 0.15) is 19.8 Å². The minimum atomic E-state index is -3.93. The average Bonchev–Trinajstić information content (AvgIpc) is 1.79. The second kappa shape index (κ2) is 3.68. The molecule has 0 fully saturated rings. The van der Waals surface area contributed by atoms with Crippen molar-refractivity contribution in [2.45, 2.75) is 25.0 Å². The number of primary sulfonamides is 1. The fourth-order valence-electron chi connectivity index (χ4n) is 0.690. The van der Waals surface area contributed by atoms with Crippen LogP contribution in [0.4, 0.5) is 0 Å². The summed E-state index contributed by atoms with van der Waals surface area (Å²) >= 11 is 0. The monoisotopic (exact) mass is 181 g/mol. The third-order valence-corrected chi connectivity index (χ3v) is 2.45. The molecular weight excluding hydrogens is 170 g/mol. The summed E-state index contributed by atoms with van der Waals surface area (Å²) in [5, 5.41) is 11.6. The number of hydrogen-bond donors (Lipinski definition) is 2. The normalized spacial score (nSPS) is 14.4. The fraction of sp³-hybridized carbons (Fsp3) is 0.800. The topological polar surface area (TPSA) is 97.5 Å². The van der Waals surface area contributed by atoms with Crippen LogP contribution in [0.3, 0.4) is 0 Å². The molecule has 0 aromatic rings. The lowest BCUT2D eigenvalue weighted by molar-refractivity contribution is -0.136. The van der Waals surface area contributed by atoms with Gasteiger partial charge in [-0.05, 0) is 6.42 Å². The number of carbonyl (C=O) groups is 1. The van der Waals surface area contributed by atoms with Crippen molar-refractivity contribution in [2.75, 3.05) is 0 Å². The third kappa shape index (κ3) is 3.33. The molecule has 0 spiro atoms. The van der Waals surface area contributed by atoms with Crippen molar-refractivity contribution in [1.82, 2.24) is 0 Å². The molecule has 0 bridgehead atoms. The Hall–Kier alpha value is -0.620. The maximum absolute atomic E-state index is 10.6. The summed E-state index contributed by atoms with van der Waals surface area (Å²) in [4.78, 5) is 10.3. The van der Waals surface area contributed by atoms with Crippen LogP contribution >= 0.6 is 0 Å². The first kappa shape index (κ1) is 10.4. The number of aliphatic carboxylic acids is 1. The Morgan fingerprint density at radius 3 is 2.18 bits per heavy atom. The summed E-state index contributed by atoms with van der Waals surface area (Å²) in [6.45, 7) is 1.70. The molecule has 0 aromatic carbocycles. The first-order valence-corrected chi connectivity index (χ1v) is 4.75. The lowest BCUT2D eigenvalue weighted by Crippen LogP contribution is -2.35. The van der Waals surface area contributed by atoms with Crippen molar-refractivity contribution in [3.05, 3.63) is 0 Å². The Labute approximate surface area is 65.3 Å². The molecule has 1 atom stereocenters. The van der Waals surface area contributed by atoms with Crippen molar-refractivity contribution < 1.29 is 18.3 Å². The average molecular weight is 181 g/mol. The molecule has 5 nitrogen and oxygen atoms in total. The van der Waals surface area contributed by atoms with Gasteiger partial charge in [0.25, 0.3) is 0 Å². The highest BCUT2D eigenvalue weighted by Gasteiger charge is 2.27. The molecule has 66 valence electrons. The Bertz CT molecular complexity index is 233. The zero-order valence-corrected chi connectivity index (χ0v) is 6.97. The Morgan fingerprint density at radius 2 is 2.09 bits per heavy atom. The van der Waals surface area contributed by atoms with E-state index in [0.29, 0.717) is 6.42 Å². The molecule has 0 heterocycles. The molecule has 1 unspecified atom stereocenters. The SMILES string of the molecule is CCCC(C(=O)O)S(N)(=O)=O. The van der Waals surface area contributed by atoms with Crippen molar-refractivity contribution in [2.24, 2.45) is 5.14 Å². The minimum Gasteiger partial charge on any atom is -0.480 e. The summed E-state index contributed by atoms with van der Waals surface area (Å²) in [5.41, 5.74) is 0. The van der Waals surface area contributed by atoms with Gasteiger partial charge in [-0.2, -0.15) is 0 Å². The number of nitrogens with two attached hydrogens (primary N) is 1. The van der Waals surface area contributed by atoms with Gasteiger partial charge in [0, 0.05) is 0 Å². The number of carboxylic acids is 1. The van der Waals surface area contributed by atoms with Crippen LogP contribution in [0.5, 0.6) is 0 Å². The standard InChI is InChI=1S/C5H11NO4S/c1-2-3-4(5(7)8)11(6,9)10/h4H,2-3H2,1H3,(H,7,8)(H2,6,9,10). The van der Waals surface area contributed by atoms with Gasteiger partial charge >= 0.3 is 5.97 Å². The predicted octanol–water partition coefficient (Wildman–Crippen LogP) is -0.472. The molecule has 6 heteroatoms. The second-order valence-corrected chi connectivity index (χ2v) is 3.95. The molecule has 0 radical (unpaired) electrons. The van der Waals surface area contributed by atoms with Gasteiger partial charge in [0.05, 0.1) is 0 Å². The number of carboxylic acid groups (broad SMARTS) is 1. The summed E-state index contributed by atoms with van der Waals surface area (Å²) in [5.74, 6) is -1.38. The third-order valence-electron chi connectivity index (χ3n) is 1.22. The van der Waals surface area contributed by atoms with Crippen molar-refractivity contribution >= 4 is 16.0 Å². The van der Waals surface area contributed by atoms with Gasteiger partial charge in [0.1, 0.15) is 0 Å². The maximum atomic E-state index is 10.6. The van der Waals surface area contributed by atoms with Crippen LogP contribution in [0.25, 0.3) is 0 Å². The molecule has 0 aliphatic rings. The predicted molar refractivity (Wildman–Crippen MR) is 39.4 cm³/mol. The van der Waals surface area contributed by atoms with Gasteiger partial charge < -0.3 is 5.11 Å². The Balaban J connectivity index is 4.49. The largest absolute Gasteiger partial charge is 0.480 e. The number of rotatable bonds is 4. The summed E-state index contributed by atoms with van der Waals surface area (Å²) in [6.07, 6.45) is 0.543. The summed E-state index contributed by atoms with van der Waals surface area (Å²) in [7, 11) is -3.93. The van der Waals surface area contributed by atoms with Crippen molar-refractivity contribution in [3.63, 3.8) is 0 Å². The molecule has 0 aromatic heterocycles. The molecule has 0 rings (SSSR count). The molecule has 0 amide bonds. The number of hydrogen-bond acceptors (Lipinski definition) is 3. The van der Waals surface area contributed by atoms with Gasteiger partial charge in [-0.1, -0.05) is 13.3 Å². The van der Waals surface area contributed by atoms with E-state index in [1.807, 2.05) is 0 Å². The van der Waals surface area contributed by atoms with E-state index in [1.54, 1.807) is 6.92 Å². The van der Waals surface area contributed by atoms with Gasteiger partial charge in [-0.3, -0.25) is 4.79 Å². The van der Waals surface area contributed by atoms with Crippen molar-refractivity contribution in [1.29, 1.82) is 0 Å². The second-order valence-electron chi connectivity index (χ2n) is 2.20. The zero-order chi connectivity index (χ0) is 9.07. The van der Waals surface area contributed by atoms with Crippen LogP contribution < -0.4 is 5.14 Å². The molecule has 0 saturated heterocycles. The van der Waals surface area contributed by atoms with E-state index >= 15 is 0 Å². The van der Waals surface area contributed by atoms with E-state index in [-0.39, 0.29) is 6.42 Å². The zero-order valence-electron chi connectivity index (χ0n) is 6.15. The molecule has 0 aliphatic carbocycles. The highest BCUT2D eigenvalue weighted by Crippen LogP contribution is 2.04. The van der Waals surface area contributed by atoms with E-state index in [2.05, 4.69) is 5.14 Å². The van der Waals surface area contributed by atoms with E-state index in [0.717, 1.165) is 0 Å². The van der Waals surface area contributed by atoms with Crippen molar-refractivity contribution in [3.8, 4) is 0 Å². The fourth-order valence-corrected chi connectivity index (χ4v) is 1.54. The summed E-state index contributed by atoms with van der Waals surface area (Å²) < 4.78 is 21.1. The van der Waals surface area contributed by atoms with Gasteiger partial charge in [-0.25, -0.2) is 13.6 Å². The first-order chi connectivity index (χ1) is 4.89. The lowest BCUT2D eigenvalue weighted by atomic mass is 10.2. The van der Waals surface area contributed by atoms with Crippen LogP contribution in [0.2, 0.25) is 0 Å². The summed E-state index contributed by atoms with van der Waals surface area (Å²) in [6, 6.07) is 0. The van der Waals surface area contributed by atoms with Crippen LogP contribution in [0, 0.1) is 0 Å². The molecule has 11 heavy (non-hydrogen) atoms. The smallest absolute Gasteiger partial charge is 0.323 e. The van der Waals surface area contributed by atoms with Crippen LogP contribution in [0.15, 0.2) is 0 Å². The molecular formula is C5H11NO4S. The van der Waals surface area contributed by atoms with Crippen LogP contribution in [-0.4, -0.2) is 24.7 Å². The lowest BCUT2D eigenvalue weighted by Gasteiger charge is -2.06. The highest BCUT2D eigenvalue weighted by atomic mass is 32.2. The maximum Gasteiger partial charge on any atom is 0.323 e. The Morgan fingerprint density at radius 1 is 1.64 bits per heavy atom. The molecule has 0 saturated carbocycles. The highest BCUT2D eigenvalue weighted by molar-refractivity contribution is 7.90. The van der Waals surface area contributed by atoms with Gasteiger partial charge in [-0.15, -0.1) is 0 Å². The van der Waals surface area contributed by atoms with Gasteiger partial charge in [0.15, 0.2) is 5.25 Å². The van der Waals surface area contributed by atoms with E-state index in [9.17, 15) is 13.2 Å². The number of sulfonamides is 1. The molecule has 0 aliphatic heterocycles. The van der Waals surface area contributed by atoms with Gasteiger partial charge in [0.2, 0.25) is 10.0 Å². The van der Waals surface area contributed by atoms with E-state index < -0.39 is 21.2 Å². The minimum absolute atomic E-state index is 0.0637. The molecule has 3 N–H and O–H groups in total.